The van der Waals surface area contributed by atoms with E-state index in [1.807, 2.05) is 52.0 Å². The second-order valence-corrected chi connectivity index (χ2v) is 5.62. The van der Waals surface area contributed by atoms with Crippen molar-refractivity contribution in [1.82, 2.24) is 0 Å². The summed E-state index contributed by atoms with van der Waals surface area (Å²) in [5.41, 5.74) is 5.60. The molecule has 0 saturated carbocycles. The van der Waals surface area contributed by atoms with Gasteiger partial charge in [-0.15, -0.1) is 0 Å². The molecule has 0 amide bonds. The second-order valence-electron chi connectivity index (χ2n) is 5.62. The van der Waals surface area contributed by atoms with E-state index in [0.29, 0.717) is 11.5 Å². The Morgan fingerprint density at radius 2 is 0.810 bits per heavy atom. The minimum absolute atomic E-state index is 0.353. The standard InChI is InChI=1S/C16H18O2.C3H8/c1-9-5-13(6-10(2)15(9)17)14-7-11(3)16(18)12(4)8-14;1-3-2/h5-8,17-18H,1-4H3;3H2,1-2H3. The maximum atomic E-state index is 9.79. The minimum atomic E-state index is 0.353. The molecule has 0 fully saturated rings. The highest BCUT2D eigenvalue weighted by atomic mass is 16.3. The molecule has 0 aromatic heterocycles. The van der Waals surface area contributed by atoms with Gasteiger partial charge in [0.2, 0.25) is 0 Å². The average Bonchev–Trinajstić information content (AvgIpc) is 2.42. The van der Waals surface area contributed by atoms with Crippen LogP contribution in [0.5, 0.6) is 11.5 Å². The number of rotatable bonds is 1. The van der Waals surface area contributed by atoms with E-state index in [-0.39, 0.29) is 0 Å². The van der Waals surface area contributed by atoms with Crippen LogP contribution in [0.3, 0.4) is 0 Å². The van der Waals surface area contributed by atoms with Gasteiger partial charge in [0.05, 0.1) is 0 Å². The van der Waals surface area contributed by atoms with Crippen molar-refractivity contribution in [3.63, 3.8) is 0 Å². The Labute approximate surface area is 128 Å². The summed E-state index contributed by atoms with van der Waals surface area (Å²) < 4.78 is 0. The summed E-state index contributed by atoms with van der Waals surface area (Å²) in [6.07, 6.45) is 1.25. The Balaban J connectivity index is 0.000000677. The van der Waals surface area contributed by atoms with Crippen LogP contribution in [0.25, 0.3) is 11.1 Å². The van der Waals surface area contributed by atoms with Gasteiger partial charge in [-0.2, -0.15) is 0 Å². The van der Waals surface area contributed by atoms with Gasteiger partial charge >= 0.3 is 0 Å². The third-order valence-corrected chi connectivity index (χ3v) is 3.32. The van der Waals surface area contributed by atoms with Gasteiger partial charge in [-0.3, -0.25) is 0 Å². The van der Waals surface area contributed by atoms with Crippen LogP contribution >= 0.6 is 0 Å². The van der Waals surface area contributed by atoms with E-state index in [0.717, 1.165) is 33.4 Å². The lowest BCUT2D eigenvalue weighted by Crippen LogP contribution is -1.88. The highest BCUT2D eigenvalue weighted by Gasteiger charge is 2.08. The summed E-state index contributed by atoms with van der Waals surface area (Å²) in [5.74, 6) is 0.706. The molecular weight excluding hydrogens is 260 g/mol. The minimum Gasteiger partial charge on any atom is -0.507 e. The van der Waals surface area contributed by atoms with Crippen molar-refractivity contribution in [2.24, 2.45) is 0 Å². The molecule has 0 bridgehead atoms. The van der Waals surface area contributed by atoms with Gasteiger partial charge in [-0.25, -0.2) is 0 Å². The molecular formula is C19H26O2. The average molecular weight is 286 g/mol. The van der Waals surface area contributed by atoms with Crippen molar-refractivity contribution < 1.29 is 10.2 Å². The zero-order valence-corrected chi connectivity index (χ0v) is 13.9. The van der Waals surface area contributed by atoms with Crippen molar-refractivity contribution in [2.45, 2.75) is 48.0 Å². The zero-order chi connectivity index (χ0) is 16.2. The van der Waals surface area contributed by atoms with Gasteiger partial charge in [-0.1, -0.05) is 20.3 Å². The van der Waals surface area contributed by atoms with E-state index >= 15 is 0 Å². The number of phenols is 2. The van der Waals surface area contributed by atoms with Crippen LogP contribution in [0.2, 0.25) is 0 Å². The first-order valence-electron chi connectivity index (χ1n) is 7.42. The van der Waals surface area contributed by atoms with Crippen LogP contribution in [0.15, 0.2) is 24.3 Å². The van der Waals surface area contributed by atoms with Gasteiger partial charge in [0.25, 0.3) is 0 Å². The van der Waals surface area contributed by atoms with E-state index in [9.17, 15) is 10.2 Å². The Bertz CT molecular complexity index is 526. The normalized spacial score (nSPS) is 10.0. The van der Waals surface area contributed by atoms with Crippen LogP contribution in [-0.4, -0.2) is 10.2 Å². The lowest BCUT2D eigenvalue weighted by molar-refractivity contribution is 0.466. The largest absolute Gasteiger partial charge is 0.507 e. The first kappa shape index (κ1) is 17.1. The lowest BCUT2D eigenvalue weighted by atomic mass is 9.96. The first-order valence-corrected chi connectivity index (χ1v) is 7.42. The third-order valence-electron chi connectivity index (χ3n) is 3.32. The van der Waals surface area contributed by atoms with E-state index in [4.69, 9.17) is 0 Å². The summed E-state index contributed by atoms with van der Waals surface area (Å²) in [6, 6.07) is 7.86. The van der Waals surface area contributed by atoms with E-state index in [1.54, 1.807) is 0 Å². The highest BCUT2D eigenvalue weighted by Crippen LogP contribution is 2.32. The van der Waals surface area contributed by atoms with Gasteiger partial charge < -0.3 is 10.2 Å². The molecule has 2 rings (SSSR count). The Hall–Kier alpha value is -1.96. The first-order chi connectivity index (χ1) is 9.81. The summed E-state index contributed by atoms with van der Waals surface area (Å²) in [5, 5.41) is 19.6. The molecule has 0 aliphatic heterocycles. The van der Waals surface area contributed by atoms with E-state index in [1.165, 1.54) is 6.42 Å². The molecule has 2 nitrogen and oxygen atoms in total. The lowest BCUT2D eigenvalue weighted by Gasteiger charge is -2.11. The molecule has 0 atom stereocenters. The number of hydrogen-bond acceptors (Lipinski definition) is 2. The number of phenolic OH excluding ortho intramolecular Hbond substituents is 2. The van der Waals surface area contributed by atoms with Gasteiger partial charge in [0.15, 0.2) is 0 Å². The molecule has 2 aromatic rings. The zero-order valence-electron chi connectivity index (χ0n) is 13.9. The van der Waals surface area contributed by atoms with Gasteiger partial charge in [0, 0.05) is 0 Å². The van der Waals surface area contributed by atoms with Crippen molar-refractivity contribution in [3.8, 4) is 22.6 Å². The van der Waals surface area contributed by atoms with Crippen molar-refractivity contribution in [3.05, 3.63) is 46.5 Å². The number of hydrogen-bond donors (Lipinski definition) is 2. The Morgan fingerprint density at radius 1 is 0.619 bits per heavy atom. The van der Waals surface area contributed by atoms with Crippen molar-refractivity contribution >= 4 is 0 Å². The highest BCUT2D eigenvalue weighted by molar-refractivity contribution is 5.70. The summed E-state index contributed by atoms with van der Waals surface area (Å²) >= 11 is 0. The van der Waals surface area contributed by atoms with Crippen LogP contribution < -0.4 is 0 Å². The molecule has 0 saturated heterocycles. The number of aromatic hydroxyl groups is 2. The maximum absolute atomic E-state index is 9.79. The molecule has 2 aromatic carbocycles. The van der Waals surface area contributed by atoms with Crippen molar-refractivity contribution in [2.75, 3.05) is 0 Å². The number of benzene rings is 2. The predicted molar refractivity (Wildman–Crippen MR) is 90.1 cm³/mol. The monoisotopic (exact) mass is 286 g/mol. The fourth-order valence-corrected chi connectivity index (χ4v) is 2.25. The summed E-state index contributed by atoms with van der Waals surface area (Å²) in [4.78, 5) is 0. The molecule has 0 spiro atoms. The maximum Gasteiger partial charge on any atom is 0.121 e. The molecule has 0 aliphatic carbocycles. The summed E-state index contributed by atoms with van der Waals surface area (Å²) in [7, 11) is 0. The van der Waals surface area contributed by atoms with Crippen LogP contribution in [0.1, 0.15) is 42.5 Å². The Morgan fingerprint density at radius 3 is 1.00 bits per heavy atom. The van der Waals surface area contributed by atoms with E-state index in [2.05, 4.69) is 13.8 Å². The molecule has 0 unspecified atom stereocenters. The topological polar surface area (TPSA) is 40.5 Å². The molecule has 0 radical (unpaired) electrons. The SMILES string of the molecule is CCC.Cc1cc(-c2cc(C)c(O)c(C)c2)cc(C)c1O. The van der Waals surface area contributed by atoms with Crippen LogP contribution in [0.4, 0.5) is 0 Å². The second kappa shape index (κ2) is 7.16. The Kier molecular flexibility index (Phi) is 5.83. The summed E-state index contributed by atoms with van der Waals surface area (Å²) in [6.45, 7) is 11.8. The molecule has 2 heteroatoms. The predicted octanol–water partition coefficient (Wildman–Crippen LogP) is 5.41. The quantitative estimate of drug-likeness (QED) is 0.735. The number of aryl methyl sites for hydroxylation is 4. The molecule has 2 N–H and O–H groups in total. The molecule has 21 heavy (non-hydrogen) atoms. The van der Waals surface area contributed by atoms with Crippen LogP contribution in [-0.2, 0) is 0 Å². The molecule has 0 heterocycles. The van der Waals surface area contributed by atoms with Crippen LogP contribution in [0, 0.1) is 27.7 Å². The van der Waals surface area contributed by atoms with E-state index < -0.39 is 0 Å². The fourth-order valence-electron chi connectivity index (χ4n) is 2.25. The molecule has 114 valence electrons. The molecule has 0 aliphatic rings. The third kappa shape index (κ3) is 4.01. The fraction of sp³-hybridized carbons (Fsp3) is 0.368. The smallest absolute Gasteiger partial charge is 0.121 e. The van der Waals surface area contributed by atoms with Gasteiger partial charge in [0.1, 0.15) is 11.5 Å². The van der Waals surface area contributed by atoms with Gasteiger partial charge in [-0.05, 0) is 85.3 Å². The van der Waals surface area contributed by atoms with Crippen molar-refractivity contribution in [1.29, 1.82) is 0 Å².